The molecular formula is C25H29BrN4O5. The van der Waals surface area contributed by atoms with E-state index in [4.69, 9.17) is 9.47 Å². The molecule has 1 aliphatic rings. The normalized spacial score (nSPS) is 15.5. The summed E-state index contributed by atoms with van der Waals surface area (Å²) in [6.07, 6.45) is 0.739. The van der Waals surface area contributed by atoms with Crippen molar-refractivity contribution in [3.63, 3.8) is 0 Å². The fourth-order valence-corrected chi connectivity index (χ4v) is 4.07. The highest BCUT2D eigenvalue weighted by atomic mass is 79.9. The summed E-state index contributed by atoms with van der Waals surface area (Å²) >= 11 is 3.39. The van der Waals surface area contributed by atoms with Gasteiger partial charge in [-0.1, -0.05) is 31.2 Å². The third kappa shape index (κ3) is 6.61. The summed E-state index contributed by atoms with van der Waals surface area (Å²) in [6, 6.07) is 12.9. The first kappa shape index (κ1) is 26.2. The van der Waals surface area contributed by atoms with Crippen LogP contribution in [0.25, 0.3) is 0 Å². The first-order valence-corrected chi connectivity index (χ1v) is 12.0. The Morgan fingerprint density at radius 3 is 2.46 bits per heavy atom. The lowest BCUT2D eigenvalue weighted by atomic mass is 9.94. The van der Waals surface area contributed by atoms with Gasteiger partial charge in [0.15, 0.2) is 0 Å². The summed E-state index contributed by atoms with van der Waals surface area (Å²) in [5.41, 5.74) is 2.79. The molecule has 2 aromatic carbocycles. The molecule has 3 N–H and O–H groups in total. The Morgan fingerprint density at radius 1 is 1.09 bits per heavy atom. The minimum atomic E-state index is -0.686. The van der Waals surface area contributed by atoms with Gasteiger partial charge >= 0.3 is 18.0 Å². The number of allylic oxidation sites excluding steroid dienone is 1. The summed E-state index contributed by atoms with van der Waals surface area (Å²) in [5.74, 6) is -0.513. The second kappa shape index (κ2) is 12.4. The second-order valence-corrected chi connectivity index (χ2v) is 8.70. The zero-order valence-electron chi connectivity index (χ0n) is 19.9. The minimum absolute atomic E-state index is 0.107. The Kier molecular flexibility index (Phi) is 9.27. The van der Waals surface area contributed by atoms with Crippen LogP contribution >= 0.6 is 15.9 Å². The number of rotatable bonds is 9. The minimum Gasteiger partial charge on any atom is -0.460 e. The molecule has 2 aromatic rings. The number of para-hydroxylation sites is 1. The van der Waals surface area contributed by atoms with Crippen molar-refractivity contribution >= 4 is 45.3 Å². The fourth-order valence-electron chi connectivity index (χ4n) is 3.69. The average Bonchev–Trinajstić information content (AvgIpc) is 2.83. The number of halogens is 1. The number of benzene rings is 2. The molecule has 1 heterocycles. The largest absolute Gasteiger partial charge is 0.460 e. The Balaban J connectivity index is 1.79. The molecule has 0 saturated heterocycles. The fraction of sp³-hybridized carbons (Fsp3) is 0.320. The van der Waals surface area contributed by atoms with Crippen LogP contribution in [-0.2, 0) is 14.3 Å². The number of hydrogen-bond acceptors (Lipinski definition) is 5. The number of nitrogens with one attached hydrogen (secondary N) is 3. The highest BCUT2D eigenvalue weighted by molar-refractivity contribution is 9.10. The Labute approximate surface area is 213 Å². The van der Waals surface area contributed by atoms with Crippen LogP contribution in [0.4, 0.5) is 21.0 Å². The molecule has 186 valence electrons. The number of nitrogens with zero attached hydrogens (tertiary/aromatic N) is 1. The van der Waals surface area contributed by atoms with E-state index in [1.54, 1.807) is 42.2 Å². The molecule has 1 unspecified atom stereocenters. The lowest BCUT2D eigenvalue weighted by Gasteiger charge is -2.35. The smallest absolute Gasteiger partial charge is 0.338 e. The molecule has 0 spiro atoms. The van der Waals surface area contributed by atoms with Crippen LogP contribution in [0.15, 0.2) is 64.3 Å². The van der Waals surface area contributed by atoms with Crippen molar-refractivity contribution in [3.8, 4) is 0 Å². The van der Waals surface area contributed by atoms with Gasteiger partial charge in [0.2, 0.25) is 0 Å². The van der Waals surface area contributed by atoms with E-state index in [9.17, 15) is 14.4 Å². The molecule has 0 saturated carbocycles. The van der Waals surface area contributed by atoms with E-state index < -0.39 is 18.0 Å². The topological polar surface area (TPSA) is 109 Å². The quantitative estimate of drug-likeness (QED) is 0.303. The lowest BCUT2D eigenvalue weighted by Crippen LogP contribution is -2.48. The van der Waals surface area contributed by atoms with Gasteiger partial charge < -0.3 is 25.4 Å². The summed E-state index contributed by atoms with van der Waals surface area (Å²) in [4.78, 5) is 39.6. The van der Waals surface area contributed by atoms with E-state index in [-0.39, 0.29) is 19.2 Å². The molecule has 4 amide bonds. The number of urea groups is 2. The Hall–Kier alpha value is -3.37. The van der Waals surface area contributed by atoms with E-state index in [1.165, 1.54) is 7.11 Å². The Bertz CT molecular complexity index is 1100. The van der Waals surface area contributed by atoms with Gasteiger partial charge in [-0.2, -0.15) is 0 Å². The van der Waals surface area contributed by atoms with Crippen molar-refractivity contribution in [1.29, 1.82) is 0 Å². The number of esters is 1. The number of ether oxygens (including phenoxy) is 2. The zero-order chi connectivity index (χ0) is 25.4. The molecule has 1 aliphatic heterocycles. The number of hydrogen-bond donors (Lipinski definition) is 3. The molecule has 0 fully saturated rings. The van der Waals surface area contributed by atoms with Gasteiger partial charge in [-0.3, -0.25) is 4.90 Å². The van der Waals surface area contributed by atoms with Crippen LogP contribution in [0.1, 0.15) is 31.9 Å². The van der Waals surface area contributed by atoms with E-state index >= 15 is 0 Å². The predicted molar refractivity (Wildman–Crippen MR) is 137 cm³/mol. The van der Waals surface area contributed by atoms with Crippen LogP contribution in [0.2, 0.25) is 0 Å². The van der Waals surface area contributed by atoms with Crippen molar-refractivity contribution in [2.45, 2.75) is 26.3 Å². The standard InChI is InChI=1S/C25H29BrN4O5/c1-4-13-30-16(2)21(23(31)35-15-14-34-3)22(29-25(30)33)17-9-11-18(12-10-17)27-24(32)28-20-8-6-5-7-19(20)26/h5-12,22H,4,13-15H2,1-3H3,(H,29,33)(H2,27,28,32). The van der Waals surface area contributed by atoms with Crippen LogP contribution in [0.5, 0.6) is 0 Å². The number of methoxy groups -OCH3 is 1. The van der Waals surface area contributed by atoms with E-state index in [0.29, 0.717) is 34.8 Å². The number of amides is 4. The highest BCUT2D eigenvalue weighted by Crippen LogP contribution is 2.32. The molecule has 3 rings (SSSR count). The SMILES string of the molecule is CCCN1C(=O)NC(c2ccc(NC(=O)Nc3ccccc3Br)cc2)C(C(=O)OCCOC)=C1C. The first-order chi connectivity index (χ1) is 16.8. The van der Waals surface area contributed by atoms with Crippen LogP contribution < -0.4 is 16.0 Å². The van der Waals surface area contributed by atoms with Gasteiger partial charge in [0.1, 0.15) is 6.61 Å². The van der Waals surface area contributed by atoms with Gasteiger partial charge in [-0.05, 0) is 59.1 Å². The monoisotopic (exact) mass is 544 g/mol. The van der Waals surface area contributed by atoms with Crippen molar-refractivity contribution in [2.24, 2.45) is 0 Å². The maximum absolute atomic E-state index is 13.0. The van der Waals surface area contributed by atoms with Crippen molar-refractivity contribution < 1.29 is 23.9 Å². The summed E-state index contributed by atoms with van der Waals surface area (Å²) in [5, 5.41) is 8.46. The molecule has 10 heteroatoms. The summed E-state index contributed by atoms with van der Waals surface area (Å²) < 4.78 is 11.1. The number of anilines is 2. The molecule has 0 aliphatic carbocycles. The summed E-state index contributed by atoms with van der Waals surface area (Å²) in [6.45, 7) is 4.57. The number of carbonyl (C=O) groups excluding carboxylic acids is 3. The van der Waals surface area contributed by atoms with Gasteiger partial charge in [0.05, 0.1) is 23.9 Å². The van der Waals surface area contributed by atoms with Crippen LogP contribution in [0.3, 0.4) is 0 Å². The molecule has 0 aromatic heterocycles. The van der Waals surface area contributed by atoms with Gasteiger partial charge in [-0.15, -0.1) is 0 Å². The maximum Gasteiger partial charge on any atom is 0.338 e. The van der Waals surface area contributed by atoms with E-state index in [2.05, 4.69) is 31.9 Å². The van der Waals surface area contributed by atoms with Crippen molar-refractivity contribution in [3.05, 3.63) is 69.8 Å². The predicted octanol–water partition coefficient (Wildman–Crippen LogP) is 5.03. The Morgan fingerprint density at radius 2 is 1.80 bits per heavy atom. The van der Waals surface area contributed by atoms with Crippen molar-refractivity contribution in [1.82, 2.24) is 10.2 Å². The highest BCUT2D eigenvalue weighted by Gasteiger charge is 2.36. The van der Waals surface area contributed by atoms with Crippen LogP contribution in [0, 0.1) is 0 Å². The van der Waals surface area contributed by atoms with Gasteiger partial charge in [-0.25, -0.2) is 14.4 Å². The van der Waals surface area contributed by atoms with E-state index in [1.807, 2.05) is 25.1 Å². The summed E-state index contributed by atoms with van der Waals surface area (Å²) in [7, 11) is 1.53. The first-order valence-electron chi connectivity index (χ1n) is 11.2. The van der Waals surface area contributed by atoms with E-state index in [0.717, 1.165) is 10.9 Å². The molecule has 0 radical (unpaired) electrons. The van der Waals surface area contributed by atoms with Gasteiger partial charge in [0, 0.05) is 29.5 Å². The third-order valence-corrected chi connectivity index (χ3v) is 6.10. The average molecular weight is 545 g/mol. The third-order valence-electron chi connectivity index (χ3n) is 5.41. The molecular weight excluding hydrogens is 516 g/mol. The van der Waals surface area contributed by atoms with Crippen molar-refractivity contribution in [2.75, 3.05) is 37.5 Å². The molecule has 9 nitrogen and oxygen atoms in total. The van der Waals surface area contributed by atoms with Gasteiger partial charge in [0.25, 0.3) is 0 Å². The molecule has 35 heavy (non-hydrogen) atoms. The number of carbonyl (C=O) groups is 3. The zero-order valence-corrected chi connectivity index (χ0v) is 21.5. The lowest BCUT2D eigenvalue weighted by molar-refractivity contribution is -0.140. The van der Waals surface area contributed by atoms with Crippen LogP contribution in [-0.4, -0.2) is 49.8 Å². The molecule has 0 bridgehead atoms. The maximum atomic E-state index is 13.0. The molecule has 1 atom stereocenters. The second-order valence-electron chi connectivity index (χ2n) is 7.84.